The van der Waals surface area contributed by atoms with Gasteiger partial charge in [-0.3, -0.25) is 0 Å². The van der Waals surface area contributed by atoms with Gasteiger partial charge in [0.15, 0.2) is 0 Å². The standard InChI is InChI=1S/C16H24N2O2/c1-4-12-7-6-11(3)18(12)13-8-9-15(17)14(10-13)16(19)20-5-2/h8-12H,4-7,17H2,1-3H3. The van der Waals surface area contributed by atoms with Gasteiger partial charge in [0.1, 0.15) is 0 Å². The third-order valence-electron chi connectivity index (χ3n) is 4.09. The zero-order valence-electron chi connectivity index (χ0n) is 12.6. The Morgan fingerprint density at radius 3 is 2.80 bits per heavy atom. The van der Waals surface area contributed by atoms with Crippen LogP contribution in [0.15, 0.2) is 18.2 Å². The molecule has 0 aliphatic carbocycles. The monoisotopic (exact) mass is 276 g/mol. The van der Waals surface area contributed by atoms with Gasteiger partial charge in [-0.25, -0.2) is 4.79 Å². The van der Waals surface area contributed by atoms with Crippen molar-refractivity contribution in [3.8, 4) is 0 Å². The number of nitrogens with zero attached hydrogens (tertiary/aromatic N) is 1. The van der Waals surface area contributed by atoms with Crippen molar-refractivity contribution in [3.05, 3.63) is 23.8 Å². The van der Waals surface area contributed by atoms with Crippen molar-refractivity contribution in [2.75, 3.05) is 17.2 Å². The van der Waals surface area contributed by atoms with Gasteiger partial charge >= 0.3 is 5.97 Å². The number of carbonyl (C=O) groups is 1. The number of benzene rings is 1. The number of carbonyl (C=O) groups excluding carboxylic acids is 1. The Labute approximate surface area is 120 Å². The van der Waals surface area contributed by atoms with Crippen LogP contribution in [-0.2, 0) is 4.74 Å². The number of esters is 1. The molecule has 1 fully saturated rings. The highest BCUT2D eigenvalue weighted by molar-refractivity contribution is 5.96. The fourth-order valence-corrected chi connectivity index (χ4v) is 3.03. The molecule has 2 N–H and O–H groups in total. The number of ether oxygens (including phenoxy) is 1. The van der Waals surface area contributed by atoms with Crippen LogP contribution in [0.3, 0.4) is 0 Å². The number of hydrogen-bond acceptors (Lipinski definition) is 4. The van der Waals surface area contributed by atoms with E-state index in [1.165, 1.54) is 12.8 Å². The second-order valence-electron chi connectivity index (χ2n) is 5.39. The molecular formula is C16H24N2O2. The van der Waals surface area contributed by atoms with Crippen LogP contribution >= 0.6 is 0 Å². The van der Waals surface area contributed by atoms with E-state index in [2.05, 4.69) is 18.7 Å². The predicted molar refractivity (Wildman–Crippen MR) is 82.1 cm³/mol. The molecule has 0 radical (unpaired) electrons. The van der Waals surface area contributed by atoms with Gasteiger partial charge in [-0.05, 0) is 51.3 Å². The molecule has 2 unspecified atom stereocenters. The average molecular weight is 276 g/mol. The van der Waals surface area contributed by atoms with E-state index in [-0.39, 0.29) is 5.97 Å². The Morgan fingerprint density at radius 1 is 1.40 bits per heavy atom. The molecule has 0 amide bonds. The van der Waals surface area contributed by atoms with Crippen LogP contribution in [0.2, 0.25) is 0 Å². The lowest BCUT2D eigenvalue weighted by Gasteiger charge is -2.30. The van der Waals surface area contributed by atoms with E-state index in [1.54, 1.807) is 13.0 Å². The summed E-state index contributed by atoms with van der Waals surface area (Å²) in [7, 11) is 0. The number of nitrogens with two attached hydrogens (primary N) is 1. The van der Waals surface area contributed by atoms with Gasteiger partial charge in [-0.1, -0.05) is 6.92 Å². The van der Waals surface area contributed by atoms with Crippen LogP contribution in [0.25, 0.3) is 0 Å². The molecule has 4 heteroatoms. The van der Waals surface area contributed by atoms with Gasteiger partial charge in [0, 0.05) is 23.5 Å². The molecule has 1 aliphatic heterocycles. The first kappa shape index (κ1) is 14.7. The topological polar surface area (TPSA) is 55.6 Å². The second kappa shape index (κ2) is 6.16. The molecule has 4 nitrogen and oxygen atoms in total. The van der Waals surface area contributed by atoms with Crippen molar-refractivity contribution < 1.29 is 9.53 Å². The van der Waals surface area contributed by atoms with Gasteiger partial charge in [0.2, 0.25) is 0 Å². The fraction of sp³-hybridized carbons (Fsp3) is 0.562. The van der Waals surface area contributed by atoms with E-state index < -0.39 is 0 Å². The number of nitrogen functional groups attached to an aromatic ring is 1. The largest absolute Gasteiger partial charge is 0.462 e. The van der Waals surface area contributed by atoms with Crippen molar-refractivity contribution in [1.29, 1.82) is 0 Å². The second-order valence-corrected chi connectivity index (χ2v) is 5.39. The van der Waals surface area contributed by atoms with E-state index in [9.17, 15) is 4.79 Å². The minimum absolute atomic E-state index is 0.341. The third-order valence-corrected chi connectivity index (χ3v) is 4.09. The van der Waals surface area contributed by atoms with Crippen molar-refractivity contribution in [3.63, 3.8) is 0 Å². The van der Waals surface area contributed by atoms with Crippen LogP contribution in [0.4, 0.5) is 11.4 Å². The molecule has 110 valence electrons. The number of hydrogen-bond donors (Lipinski definition) is 1. The average Bonchev–Trinajstić information content (AvgIpc) is 2.81. The highest BCUT2D eigenvalue weighted by atomic mass is 16.5. The Morgan fingerprint density at radius 2 is 2.15 bits per heavy atom. The first-order chi connectivity index (χ1) is 9.58. The van der Waals surface area contributed by atoms with E-state index in [4.69, 9.17) is 10.5 Å². The Kier molecular flexibility index (Phi) is 4.53. The summed E-state index contributed by atoms with van der Waals surface area (Å²) >= 11 is 0. The van der Waals surface area contributed by atoms with Crippen molar-refractivity contribution in [2.45, 2.75) is 52.1 Å². The summed E-state index contributed by atoms with van der Waals surface area (Å²) < 4.78 is 5.07. The molecule has 1 aliphatic rings. The smallest absolute Gasteiger partial charge is 0.340 e. The lowest BCUT2D eigenvalue weighted by atomic mass is 10.1. The molecule has 0 saturated carbocycles. The lowest BCUT2D eigenvalue weighted by molar-refractivity contribution is 0.0527. The van der Waals surface area contributed by atoms with E-state index in [0.717, 1.165) is 12.1 Å². The Balaban J connectivity index is 2.33. The SMILES string of the molecule is CCOC(=O)c1cc(N2C(C)CCC2CC)ccc1N. The van der Waals surface area contributed by atoms with Gasteiger partial charge in [-0.2, -0.15) is 0 Å². The summed E-state index contributed by atoms with van der Waals surface area (Å²) in [6.07, 6.45) is 3.51. The maximum atomic E-state index is 11.9. The number of anilines is 2. The quantitative estimate of drug-likeness (QED) is 0.677. The maximum absolute atomic E-state index is 11.9. The maximum Gasteiger partial charge on any atom is 0.340 e. The van der Waals surface area contributed by atoms with Crippen molar-refractivity contribution in [1.82, 2.24) is 0 Å². The van der Waals surface area contributed by atoms with Crippen molar-refractivity contribution >= 4 is 17.3 Å². The Hall–Kier alpha value is -1.71. The predicted octanol–water partition coefficient (Wildman–Crippen LogP) is 3.21. The summed E-state index contributed by atoms with van der Waals surface area (Å²) in [6, 6.07) is 6.72. The molecule has 1 saturated heterocycles. The summed E-state index contributed by atoms with van der Waals surface area (Å²) in [4.78, 5) is 14.3. The van der Waals surface area contributed by atoms with Crippen LogP contribution in [0.5, 0.6) is 0 Å². The molecule has 1 heterocycles. The van der Waals surface area contributed by atoms with Crippen LogP contribution < -0.4 is 10.6 Å². The summed E-state index contributed by atoms with van der Waals surface area (Å²) in [5, 5.41) is 0. The molecule has 1 aromatic rings. The summed E-state index contributed by atoms with van der Waals surface area (Å²) in [5.41, 5.74) is 7.92. The van der Waals surface area contributed by atoms with Gasteiger partial charge < -0.3 is 15.4 Å². The van der Waals surface area contributed by atoms with Crippen molar-refractivity contribution in [2.24, 2.45) is 0 Å². The third kappa shape index (κ3) is 2.74. The Bertz CT molecular complexity index is 487. The lowest BCUT2D eigenvalue weighted by Crippen LogP contribution is -2.34. The molecule has 0 bridgehead atoms. The molecule has 0 aromatic heterocycles. The number of rotatable bonds is 4. The molecular weight excluding hydrogens is 252 g/mol. The fourth-order valence-electron chi connectivity index (χ4n) is 3.03. The minimum Gasteiger partial charge on any atom is -0.462 e. The van der Waals surface area contributed by atoms with Gasteiger partial charge in [0.25, 0.3) is 0 Å². The zero-order valence-corrected chi connectivity index (χ0v) is 12.6. The molecule has 20 heavy (non-hydrogen) atoms. The van der Waals surface area contributed by atoms with Crippen LogP contribution in [-0.4, -0.2) is 24.7 Å². The highest BCUT2D eigenvalue weighted by Gasteiger charge is 2.30. The molecule has 0 spiro atoms. The molecule has 2 atom stereocenters. The van der Waals surface area contributed by atoms with E-state index in [0.29, 0.717) is 29.9 Å². The normalized spacial score (nSPS) is 22.1. The van der Waals surface area contributed by atoms with Gasteiger partial charge in [-0.15, -0.1) is 0 Å². The van der Waals surface area contributed by atoms with E-state index in [1.807, 2.05) is 12.1 Å². The van der Waals surface area contributed by atoms with Crippen LogP contribution in [0.1, 0.15) is 50.4 Å². The van der Waals surface area contributed by atoms with Gasteiger partial charge in [0.05, 0.1) is 12.2 Å². The summed E-state index contributed by atoms with van der Waals surface area (Å²) in [6.45, 7) is 6.60. The van der Waals surface area contributed by atoms with E-state index >= 15 is 0 Å². The van der Waals surface area contributed by atoms with Crippen LogP contribution in [0, 0.1) is 0 Å². The molecule has 1 aromatic carbocycles. The summed E-state index contributed by atoms with van der Waals surface area (Å²) in [5.74, 6) is -0.341. The zero-order chi connectivity index (χ0) is 14.7. The molecule has 2 rings (SSSR count). The minimum atomic E-state index is -0.341. The highest BCUT2D eigenvalue weighted by Crippen LogP contribution is 2.33. The first-order valence-electron chi connectivity index (χ1n) is 7.43. The first-order valence-corrected chi connectivity index (χ1v) is 7.43.